The van der Waals surface area contributed by atoms with Gasteiger partial charge in [-0.1, -0.05) is 47.5 Å². The van der Waals surface area contributed by atoms with Crippen LogP contribution in [0.1, 0.15) is 35.5 Å². The van der Waals surface area contributed by atoms with Gasteiger partial charge in [0.15, 0.2) is 5.11 Å². The van der Waals surface area contributed by atoms with Gasteiger partial charge in [0.1, 0.15) is 17.6 Å². The summed E-state index contributed by atoms with van der Waals surface area (Å²) in [6.45, 7) is 2.36. The fourth-order valence-electron chi connectivity index (χ4n) is 4.45. The Morgan fingerprint density at radius 3 is 2.68 bits per heavy atom. The number of benzene rings is 2. The van der Waals surface area contributed by atoms with E-state index >= 15 is 0 Å². The highest BCUT2D eigenvalue weighted by molar-refractivity contribution is 7.80. The fraction of sp³-hybridized carbons (Fsp3) is 0.179. The van der Waals surface area contributed by atoms with Gasteiger partial charge in [-0.3, -0.25) is 9.78 Å². The zero-order valence-electron chi connectivity index (χ0n) is 19.9. The lowest BCUT2D eigenvalue weighted by Gasteiger charge is -2.26. The Kier molecular flexibility index (Phi) is 7.46. The standard InChI is InChI=1S/C28H24Cl2N4O2S/c1-17-6-2-3-7-21(17)32-25(35)13-15-34-27(26(33-28(34)37)22-8-4-5-14-31-22)24-12-11-23(36-24)19-10-9-18(29)16-20(19)30/h2-12,14,16,26-27H,13,15H2,1H3,(H,32,35)(H,33,37)/t26-,27+/m0/s1. The molecule has 2 atom stereocenters. The Hall–Kier alpha value is -3.39. The zero-order valence-corrected chi connectivity index (χ0v) is 22.3. The number of nitrogens with zero attached hydrogens (tertiary/aromatic N) is 2. The molecule has 188 valence electrons. The van der Waals surface area contributed by atoms with E-state index in [9.17, 15) is 4.79 Å². The number of amides is 1. The van der Waals surface area contributed by atoms with Crippen molar-refractivity contribution >= 4 is 52.1 Å². The molecule has 1 aliphatic heterocycles. The van der Waals surface area contributed by atoms with Gasteiger partial charge < -0.3 is 20.0 Å². The van der Waals surface area contributed by atoms with Crippen LogP contribution < -0.4 is 10.6 Å². The first-order chi connectivity index (χ1) is 17.9. The van der Waals surface area contributed by atoms with Gasteiger partial charge in [0.25, 0.3) is 0 Å². The number of hydrogen-bond donors (Lipinski definition) is 2. The number of aromatic nitrogens is 1. The second kappa shape index (κ2) is 10.9. The van der Waals surface area contributed by atoms with Crippen molar-refractivity contribution in [2.75, 3.05) is 11.9 Å². The number of anilines is 1. The van der Waals surface area contributed by atoms with Gasteiger partial charge in [0.05, 0.1) is 16.8 Å². The molecule has 0 saturated carbocycles. The van der Waals surface area contributed by atoms with Gasteiger partial charge in [0, 0.05) is 35.4 Å². The Labute approximate surface area is 230 Å². The number of pyridine rings is 1. The van der Waals surface area contributed by atoms with Crippen LogP contribution in [0.2, 0.25) is 10.0 Å². The van der Waals surface area contributed by atoms with Crippen LogP contribution in [0.3, 0.4) is 0 Å². The molecule has 6 nitrogen and oxygen atoms in total. The van der Waals surface area contributed by atoms with Gasteiger partial charge >= 0.3 is 0 Å². The maximum Gasteiger partial charge on any atom is 0.226 e. The van der Waals surface area contributed by atoms with E-state index < -0.39 is 0 Å². The van der Waals surface area contributed by atoms with Crippen molar-refractivity contribution in [2.45, 2.75) is 25.4 Å². The molecule has 2 aromatic carbocycles. The van der Waals surface area contributed by atoms with Gasteiger partial charge in [-0.2, -0.15) is 0 Å². The fourth-order valence-corrected chi connectivity index (χ4v) is 5.28. The molecule has 1 fully saturated rings. The summed E-state index contributed by atoms with van der Waals surface area (Å²) in [4.78, 5) is 19.3. The molecular weight excluding hydrogens is 527 g/mol. The monoisotopic (exact) mass is 550 g/mol. The molecule has 0 radical (unpaired) electrons. The summed E-state index contributed by atoms with van der Waals surface area (Å²) in [5.41, 5.74) is 3.37. The Bertz CT molecular complexity index is 1440. The molecule has 1 saturated heterocycles. The molecule has 5 rings (SSSR count). The SMILES string of the molecule is Cc1ccccc1NC(=O)CCN1C(=S)N[C@@H](c2ccccn2)[C@H]1c1ccc(-c2ccc(Cl)cc2Cl)o1. The highest BCUT2D eigenvalue weighted by atomic mass is 35.5. The van der Waals surface area contributed by atoms with Gasteiger partial charge in [-0.05, 0) is 73.2 Å². The first kappa shape index (κ1) is 25.3. The molecule has 0 aliphatic carbocycles. The topological polar surface area (TPSA) is 70.4 Å². The van der Waals surface area contributed by atoms with Crippen molar-refractivity contribution < 1.29 is 9.21 Å². The summed E-state index contributed by atoms with van der Waals surface area (Å²) >= 11 is 18.2. The van der Waals surface area contributed by atoms with E-state index in [-0.39, 0.29) is 24.4 Å². The van der Waals surface area contributed by atoms with Crippen LogP contribution in [0.5, 0.6) is 0 Å². The highest BCUT2D eigenvalue weighted by Crippen LogP contribution is 2.41. The second-order valence-corrected chi connectivity index (χ2v) is 9.99. The molecule has 0 bridgehead atoms. The molecule has 37 heavy (non-hydrogen) atoms. The van der Waals surface area contributed by atoms with E-state index in [4.69, 9.17) is 39.8 Å². The third kappa shape index (κ3) is 5.49. The third-order valence-electron chi connectivity index (χ3n) is 6.31. The van der Waals surface area contributed by atoms with E-state index in [0.717, 1.165) is 22.5 Å². The van der Waals surface area contributed by atoms with Crippen molar-refractivity contribution in [1.82, 2.24) is 15.2 Å². The van der Waals surface area contributed by atoms with Crippen LogP contribution in [0.25, 0.3) is 11.3 Å². The number of furan rings is 1. The molecule has 2 aromatic heterocycles. The number of thiocarbonyl (C=S) groups is 1. The molecule has 1 amide bonds. The van der Waals surface area contributed by atoms with E-state index in [1.807, 2.05) is 72.5 Å². The lowest BCUT2D eigenvalue weighted by Crippen LogP contribution is -2.32. The van der Waals surface area contributed by atoms with Crippen molar-refractivity contribution in [3.05, 3.63) is 106 Å². The summed E-state index contributed by atoms with van der Waals surface area (Å²) in [5, 5.41) is 7.96. The molecule has 2 N–H and O–H groups in total. The minimum atomic E-state index is -0.312. The maximum absolute atomic E-state index is 12.8. The van der Waals surface area contributed by atoms with Crippen LogP contribution in [0, 0.1) is 6.92 Å². The second-order valence-electron chi connectivity index (χ2n) is 8.76. The van der Waals surface area contributed by atoms with Crippen LogP contribution in [0.4, 0.5) is 5.69 Å². The van der Waals surface area contributed by atoms with E-state index in [2.05, 4.69) is 15.6 Å². The van der Waals surface area contributed by atoms with Crippen LogP contribution in [-0.4, -0.2) is 27.4 Å². The first-order valence-corrected chi connectivity index (χ1v) is 13.0. The minimum absolute atomic E-state index is 0.0924. The number of rotatable bonds is 7. The van der Waals surface area contributed by atoms with Crippen molar-refractivity contribution in [3.8, 4) is 11.3 Å². The zero-order chi connectivity index (χ0) is 25.9. The number of halogens is 2. The number of hydrogen-bond acceptors (Lipinski definition) is 4. The lowest BCUT2D eigenvalue weighted by atomic mass is 10.0. The quantitative estimate of drug-likeness (QED) is 0.242. The number of nitrogens with one attached hydrogen (secondary N) is 2. The largest absolute Gasteiger partial charge is 0.459 e. The Morgan fingerprint density at radius 1 is 1.11 bits per heavy atom. The molecule has 0 spiro atoms. The molecule has 0 unspecified atom stereocenters. The van der Waals surface area contributed by atoms with Gasteiger partial charge in [-0.15, -0.1) is 0 Å². The highest BCUT2D eigenvalue weighted by Gasteiger charge is 2.41. The minimum Gasteiger partial charge on any atom is -0.459 e. The smallest absolute Gasteiger partial charge is 0.226 e. The Morgan fingerprint density at radius 2 is 1.92 bits per heavy atom. The maximum atomic E-state index is 12.8. The predicted molar refractivity (Wildman–Crippen MR) is 151 cm³/mol. The number of carbonyl (C=O) groups is 1. The predicted octanol–water partition coefficient (Wildman–Crippen LogP) is 6.96. The van der Waals surface area contributed by atoms with Crippen molar-refractivity contribution in [1.29, 1.82) is 0 Å². The van der Waals surface area contributed by atoms with E-state index in [0.29, 0.717) is 33.2 Å². The number of aryl methyl sites for hydroxylation is 1. The summed E-state index contributed by atoms with van der Waals surface area (Å²) in [7, 11) is 0. The first-order valence-electron chi connectivity index (χ1n) is 11.8. The number of para-hydroxylation sites is 1. The summed E-state index contributed by atoms with van der Waals surface area (Å²) in [5.74, 6) is 1.21. The normalized spacial score (nSPS) is 17.1. The van der Waals surface area contributed by atoms with Crippen molar-refractivity contribution in [2.24, 2.45) is 0 Å². The summed E-state index contributed by atoms with van der Waals surface area (Å²) in [6, 6.07) is 21.9. The van der Waals surface area contributed by atoms with E-state index in [1.54, 1.807) is 18.3 Å². The summed E-state index contributed by atoms with van der Waals surface area (Å²) in [6.07, 6.45) is 1.99. The molecule has 1 aliphatic rings. The third-order valence-corrected chi connectivity index (χ3v) is 7.21. The average molecular weight is 551 g/mol. The van der Waals surface area contributed by atoms with E-state index in [1.165, 1.54) is 0 Å². The molecular formula is C28H24Cl2N4O2S. The van der Waals surface area contributed by atoms with Crippen molar-refractivity contribution in [3.63, 3.8) is 0 Å². The molecule has 4 aromatic rings. The van der Waals surface area contributed by atoms with Crippen LogP contribution in [0.15, 0.2) is 83.4 Å². The van der Waals surface area contributed by atoms with Gasteiger partial charge in [0.2, 0.25) is 5.91 Å². The molecule has 3 heterocycles. The van der Waals surface area contributed by atoms with Crippen LogP contribution in [-0.2, 0) is 4.79 Å². The van der Waals surface area contributed by atoms with Crippen LogP contribution >= 0.6 is 35.4 Å². The lowest BCUT2D eigenvalue weighted by molar-refractivity contribution is -0.116. The number of carbonyl (C=O) groups excluding carboxylic acids is 1. The summed E-state index contributed by atoms with van der Waals surface area (Å²) < 4.78 is 6.33. The molecule has 9 heteroatoms. The average Bonchev–Trinajstić information content (AvgIpc) is 3.49. The Balaban J connectivity index is 1.42. The van der Waals surface area contributed by atoms with Gasteiger partial charge in [-0.25, -0.2) is 0 Å².